The van der Waals surface area contributed by atoms with Gasteiger partial charge in [0.05, 0.1) is 18.4 Å². The smallest absolute Gasteiger partial charge is 0.340 e. The Morgan fingerprint density at radius 2 is 1.96 bits per heavy atom. The van der Waals surface area contributed by atoms with Crippen molar-refractivity contribution in [3.63, 3.8) is 0 Å². The third kappa shape index (κ3) is 3.93. The summed E-state index contributed by atoms with van der Waals surface area (Å²) in [6.45, 7) is 1.81. The first kappa shape index (κ1) is 18.8. The molecule has 0 unspecified atom stereocenters. The molecule has 2 aromatic carbocycles. The van der Waals surface area contributed by atoms with Crippen molar-refractivity contribution < 1.29 is 17.9 Å². The largest absolute Gasteiger partial charge is 0.465 e. The fourth-order valence-electron chi connectivity index (χ4n) is 2.09. The Kier molecular flexibility index (Phi) is 5.95. The molecule has 8 heteroatoms. The molecule has 0 atom stereocenters. The van der Waals surface area contributed by atoms with E-state index in [4.69, 9.17) is 4.74 Å². The quantitative estimate of drug-likeness (QED) is 0.572. The van der Waals surface area contributed by atoms with Crippen molar-refractivity contribution in [2.45, 2.75) is 16.7 Å². The number of methoxy groups -OCH3 is 1. The Morgan fingerprint density at radius 1 is 1.25 bits per heavy atom. The number of esters is 1. The van der Waals surface area contributed by atoms with Gasteiger partial charge in [-0.05, 0) is 58.9 Å². The zero-order valence-corrected chi connectivity index (χ0v) is 16.5. The summed E-state index contributed by atoms with van der Waals surface area (Å²) >= 11 is 4.59. The number of carbonyl (C=O) groups excluding carboxylic acids is 1. The minimum Gasteiger partial charge on any atom is -0.465 e. The van der Waals surface area contributed by atoms with E-state index < -0.39 is 16.0 Å². The van der Waals surface area contributed by atoms with E-state index in [1.165, 1.54) is 24.9 Å². The van der Waals surface area contributed by atoms with Gasteiger partial charge in [0.2, 0.25) is 0 Å². The SMILES string of the molecule is COC(=O)c1cccc(SC)c1NS(=O)(=O)c1cc(C)ccc1Br. The molecule has 128 valence electrons. The lowest BCUT2D eigenvalue weighted by atomic mass is 10.2. The summed E-state index contributed by atoms with van der Waals surface area (Å²) in [5.41, 5.74) is 1.19. The number of nitrogens with one attached hydrogen (secondary N) is 1. The van der Waals surface area contributed by atoms with E-state index in [2.05, 4.69) is 20.7 Å². The molecule has 0 bridgehead atoms. The number of sulfonamides is 1. The van der Waals surface area contributed by atoms with Crippen LogP contribution in [0.15, 0.2) is 50.7 Å². The van der Waals surface area contributed by atoms with Crippen LogP contribution in [0.2, 0.25) is 0 Å². The number of aryl methyl sites for hydroxylation is 1. The summed E-state index contributed by atoms with van der Waals surface area (Å²) in [5, 5.41) is 0. The molecule has 0 aliphatic rings. The lowest BCUT2D eigenvalue weighted by Crippen LogP contribution is -2.17. The molecular formula is C16H16BrNO4S2. The maximum Gasteiger partial charge on any atom is 0.340 e. The first-order chi connectivity index (χ1) is 11.3. The highest BCUT2D eigenvalue weighted by Gasteiger charge is 2.23. The van der Waals surface area contributed by atoms with Gasteiger partial charge in [-0.25, -0.2) is 13.2 Å². The predicted octanol–water partition coefficient (Wildman–Crippen LogP) is 4.07. The minimum absolute atomic E-state index is 0.106. The highest BCUT2D eigenvalue weighted by atomic mass is 79.9. The van der Waals surface area contributed by atoms with Crippen molar-refractivity contribution in [2.24, 2.45) is 0 Å². The Bertz CT molecular complexity index is 882. The summed E-state index contributed by atoms with van der Waals surface area (Å²) in [6, 6.07) is 9.98. The number of hydrogen-bond donors (Lipinski definition) is 1. The van der Waals surface area contributed by atoms with Crippen LogP contribution < -0.4 is 4.72 Å². The molecule has 0 saturated heterocycles. The molecule has 0 saturated carbocycles. The van der Waals surface area contributed by atoms with Gasteiger partial charge in [-0.15, -0.1) is 11.8 Å². The van der Waals surface area contributed by atoms with Gasteiger partial charge in [-0.3, -0.25) is 4.72 Å². The molecule has 0 spiro atoms. The van der Waals surface area contributed by atoms with Gasteiger partial charge in [0.1, 0.15) is 4.90 Å². The standard InChI is InChI=1S/C16H16BrNO4S2/c1-10-7-8-12(17)14(9-10)24(20,21)18-15-11(16(19)22-2)5-4-6-13(15)23-3/h4-9,18H,1-3H3. The molecule has 0 fully saturated rings. The number of para-hydroxylation sites is 1. The Balaban J connectivity index is 2.57. The monoisotopic (exact) mass is 429 g/mol. The lowest BCUT2D eigenvalue weighted by Gasteiger charge is -2.15. The van der Waals surface area contributed by atoms with Crippen LogP contribution in [0.3, 0.4) is 0 Å². The van der Waals surface area contributed by atoms with E-state index in [9.17, 15) is 13.2 Å². The van der Waals surface area contributed by atoms with Crippen LogP contribution in [-0.4, -0.2) is 27.8 Å². The number of anilines is 1. The first-order valence-corrected chi connectivity index (χ1v) is 10.3. The zero-order valence-electron chi connectivity index (χ0n) is 13.3. The molecule has 0 aliphatic carbocycles. The van der Waals surface area contributed by atoms with Gasteiger partial charge in [0.15, 0.2) is 0 Å². The second-order valence-corrected chi connectivity index (χ2v) is 8.27. The highest BCUT2D eigenvalue weighted by molar-refractivity contribution is 9.10. The molecule has 2 aromatic rings. The van der Waals surface area contributed by atoms with E-state index in [1.807, 2.05) is 0 Å². The number of thioether (sulfide) groups is 1. The average Bonchev–Trinajstić information content (AvgIpc) is 2.56. The van der Waals surface area contributed by atoms with E-state index in [-0.39, 0.29) is 16.1 Å². The molecule has 0 aromatic heterocycles. The van der Waals surface area contributed by atoms with E-state index in [0.717, 1.165) is 5.56 Å². The van der Waals surface area contributed by atoms with Crippen molar-refractivity contribution in [1.82, 2.24) is 0 Å². The molecule has 0 heterocycles. The summed E-state index contributed by atoms with van der Waals surface area (Å²) < 4.78 is 33.3. The number of carbonyl (C=O) groups is 1. The van der Waals surface area contributed by atoms with Crippen molar-refractivity contribution in [2.75, 3.05) is 18.1 Å². The summed E-state index contributed by atoms with van der Waals surface area (Å²) in [7, 11) is -2.63. The van der Waals surface area contributed by atoms with Crippen LogP contribution in [0.1, 0.15) is 15.9 Å². The molecule has 0 radical (unpaired) electrons. The maximum atomic E-state index is 12.8. The maximum absolute atomic E-state index is 12.8. The van der Waals surface area contributed by atoms with Gasteiger partial charge >= 0.3 is 5.97 Å². The summed E-state index contributed by atoms with van der Waals surface area (Å²) in [4.78, 5) is 12.7. The van der Waals surface area contributed by atoms with Gasteiger partial charge in [-0.2, -0.15) is 0 Å². The second-order valence-electron chi connectivity index (χ2n) is 4.91. The molecule has 1 N–H and O–H groups in total. The number of halogens is 1. The van der Waals surface area contributed by atoms with Crippen LogP contribution in [0, 0.1) is 6.92 Å². The minimum atomic E-state index is -3.88. The van der Waals surface area contributed by atoms with Gasteiger partial charge in [-0.1, -0.05) is 12.1 Å². The van der Waals surface area contributed by atoms with Crippen LogP contribution in [0.4, 0.5) is 5.69 Å². The molecular weight excluding hydrogens is 414 g/mol. The third-order valence-corrected chi connectivity index (χ3v) is 6.39. The van der Waals surface area contributed by atoms with E-state index in [1.54, 1.807) is 43.5 Å². The van der Waals surface area contributed by atoms with E-state index in [0.29, 0.717) is 9.37 Å². The van der Waals surface area contributed by atoms with Crippen LogP contribution in [0.5, 0.6) is 0 Å². The topological polar surface area (TPSA) is 72.5 Å². The highest BCUT2D eigenvalue weighted by Crippen LogP contribution is 2.33. The normalized spacial score (nSPS) is 11.2. The Labute approximate surface area is 154 Å². The van der Waals surface area contributed by atoms with Crippen LogP contribution >= 0.6 is 27.7 Å². The molecule has 5 nitrogen and oxygen atoms in total. The Hall–Kier alpha value is -1.51. The summed E-state index contributed by atoms with van der Waals surface area (Å²) in [5.74, 6) is -0.605. The fraction of sp³-hybridized carbons (Fsp3) is 0.188. The zero-order chi connectivity index (χ0) is 17.9. The van der Waals surface area contributed by atoms with Crippen molar-refractivity contribution in [1.29, 1.82) is 0 Å². The number of ether oxygens (including phenoxy) is 1. The first-order valence-electron chi connectivity index (χ1n) is 6.84. The summed E-state index contributed by atoms with van der Waals surface area (Å²) in [6.07, 6.45) is 1.80. The molecule has 2 rings (SSSR count). The Morgan fingerprint density at radius 3 is 2.58 bits per heavy atom. The van der Waals surface area contributed by atoms with Gasteiger partial charge < -0.3 is 4.74 Å². The number of rotatable bonds is 5. The number of hydrogen-bond acceptors (Lipinski definition) is 5. The predicted molar refractivity (Wildman–Crippen MR) is 99.3 cm³/mol. The van der Waals surface area contributed by atoms with E-state index >= 15 is 0 Å². The van der Waals surface area contributed by atoms with Crippen LogP contribution in [-0.2, 0) is 14.8 Å². The molecule has 0 aliphatic heterocycles. The lowest BCUT2D eigenvalue weighted by molar-refractivity contribution is 0.0601. The average molecular weight is 430 g/mol. The van der Waals surface area contributed by atoms with Gasteiger partial charge in [0.25, 0.3) is 10.0 Å². The molecule has 0 amide bonds. The van der Waals surface area contributed by atoms with Crippen LogP contribution in [0.25, 0.3) is 0 Å². The van der Waals surface area contributed by atoms with Crippen molar-refractivity contribution in [3.05, 3.63) is 52.0 Å². The fourth-order valence-corrected chi connectivity index (χ4v) is 4.89. The molecule has 24 heavy (non-hydrogen) atoms. The van der Waals surface area contributed by atoms with Crippen molar-refractivity contribution >= 4 is 49.4 Å². The number of benzene rings is 2. The second kappa shape index (κ2) is 7.58. The third-order valence-electron chi connectivity index (χ3n) is 3.26. The van der Waals surface area contributed by atoms with Crippen molar-refractivity contribution in [3.8, 4) is 0 Å². The van der Waals surface area contributed by atoms with Gasteiger partial charge in [0, 0.05) is 9.37 Å².